The smallest absolute Gasteiger partial charge is 0.252 e. The second-order valence-electron chi connectivity index (χ2n) is 10.4. The van der Waals surface area contributed by atoms with Gasteiger partial charge in [-0.05, 0) is 63.3 Å². The molecule has 1 saturated carbocycles. The number of hydrogen-bond donors (Lipinski definition) is 3. The van der Waals surface area contributed by atoms with E-state index < -0.39 is 0 Å². The summed E-state index contributed by atoms with van der Waals surface area (Å²) < 4.78 is 0. The van der Waals surface area contributed by atoms with Crippen LogP contribution < -0.4 is 16.0 Å². The normalized spacial score (nSPS) is 42.8. The van der Waals surface area contributed by atoms with Crippen molar-refractivity contribution in [2.75, 3.05) is 33.7 Å². The molecule has 2 amide bonds. The molecular formula is C23H41N5O2. The minimum absolute atomic E-state index is 0.0857. The van der Waals surface area contributed by atoms with E-state index >= 15 is 0 Å². The molecule has 7 nitrogen and oxygen atoms in total. The van der Waals surface area contributed by atoms with Gasteiger partial charge < -0.3 is 15.5 Å². The Morgan fingerprint density at radius 1 is 1.17 bits per heavy atom. The summed E-state index contributed by atoms with van der Waals surface area (Å²) >= 11 is 0. The molecule has 0 aromatic carbocycles. The molecule has 0 aromatic heterocycles. The maximum Gasteiger partial charge on any atom is 0.252 e. The van der Waals surface area contributed by atoms with Crippen LogP contribution in [0.25, 0.3) is 0 Å². The lowest BCUT2D eigenvalue weighted by molar-refractivity contribution is -0.148. The molecule has 170 valence electrons. The predicted molar refractivity (Wildman–Crippen MR) is 118 cm³/mol. The highest BCUT2D eigenvalue weighted by atomic mass is 16.2. The standard InChI is InChI=1S/C23H41N5O2/c1-5-16-12-20-15(13-25-16)10-19(23(30)28(20)4)18-11-17(7-6-14(18)2)26-22(29)21-24-8-9-27(21)3/h14-21,24-25H,5-13H2,1-4H3,(H,26,29). The fraction of sp³-hybridized carbons (Fsp3) is 0.913. The zero-order chi connectivity index (χ0) is 21.4. The minimum Gasteiger partial charge on any atom is -0.351 e. The molecule has 30 heavy (non-hydrogen) atoms. The van der Waals surface area contributed by atoms with E-state index in [2.05, 4.69) is 39.6 Å². The molecule has 4 aliphatic rings. The fourth-order valence-corrected chi connectivity index (χ4v) is 6.54. The highest BCUT2D eigenvalue weighted by molar-refractivity contribution is 5.82. The number of hydrogen-bond acceptors (Lipinski definition) is 5. The number of amides is 2. The summed E-state index contributed by atoms with van der Waals surface area (Å²) in [6, 6.07) is 1.10. The van der Waals surface area contributed by atoms with Gasteiger partial charge in [0.25, 0.3) is 5.91 Å². The van der Waals surface area contributed by atoms with Crippen molar-refractivity contribution in [3.05, 3.63) is 0 Å². The Labute approximate surface area is 181 Å². The number of fused-ring (bicyclic) bond motifs is 1. The lowest BCUT2D eigenvalue weighted by Crippen LogP contribution is -2.60. The van der Waals surface area contributed by atoms with Crippen LogP contribution in [0.1, 0.15) is 52.4 Å². The molecule has 1 aliphatic carbocycles. The molecule has 3 N–H and O–H groups in total. The van der Waals surface area contributed by atoms with Crippen LogP contribution >= 0.6 is 0 Å². The Bertz CT molecular complexity index is 643. The first-order valence-corrected chi connectivity index (χ1v) is 12.1. The molecule has 8 unspecified atom stereocenters. The SMILES string of the molecule is CCC1CC2C(CN1)CC(C1CC(NC(=O)C3NCCN3C)CCC1C)C(=O)N2C. The van der Waals surface area contributed by atoms with Gasteiger partial charge in [-0.15, -0.1) is 0 Å². The van der Waals surface area contributed by atoms with Crippen LogP contribution in [0.3, 0.4) is 0 Å². The van der Waals surface area contributed by atoms with E-state index in [0.29, 0.717) is 35.7 Å². The fourth-order valence-electron chi connectivity index (χ4n) is 6.54. The molecule has 0 bridgehead atoms. The van der Waals surface area contributed by atoms with E-state index in [9.17, 15) is 9.59 Å². The van der Waals surface area contributed by atoms with Crippen LogP contribution in [0.15, 0.2) is 0 Å². The number of rotatable bonds is 4. The van der Waals surface area contributed by atoms with Crippen molar-refractivity contribution in [1.82, 2.24) is 25.8 Å². The van der Waals surface area contributed by atoms with Gasteiger partial charge in [0.1, 0.15) is 6.17 Å². The molecule has 0 aromatic rings. The van der Waals surface area contributed by atoms with E-state index in [1.165, 1.54) is 0 Å². The van der Waals surface area contributed by atoms with Crippen LogP contribution in [0, 0.1) is 23.7 Å². The number of carbonyl (C=O) groups excluding carboxylic acids is 2. The van der Waals surface area contributed by atoms with E-state index in [-0.39, 0.29) is 24.0 Å². The van der Waals surface area contributed by atoms with Crippen LogP contribution in [0.4, 0.5) is 0 Å². The quantitative estimate of drug-likeness (QED) is 0.634. The Kier molecular flexibility index (Phi) is 6.70. The second kappa shape index (κ2) is 9.13. The number of nitrogens with zero attached hydrogens (tertiary/aromatic N) is 2. The molecule has 0 spiro atoms. The third kappa shape index (κ3) is 4.26. The third-order valence-corrected chi connectivity index (χ3v) is 8.56. The van der Waals surface area contributed by atoms with E-state index in [1.807, 2.05) is 14.1 Å². The number of likely N-dealkylation sites (tertiary alicyclic amines) is 1. The zero-order valence-electron chi connectivity index (χ0n) is 19.2. The van der Waals surface area contributed by atoms with Gasteiger partial charge >= 0.3 is 0 Å². The molecule has 4 fully saturated rings. The summed E-state index contributed by atoms with van der Waals surface area (Å²) in [6.45, 7) is 7.32. The summed E-state index contributed by atoms with van der Waals surface area (Å²) in [4.78, 5) is 30.3. The largest absolute Gasteiger partial charge is 0.351 e. The van der Waals surface area contributed by atoms with Gasteiger partial charge in [0.2, 0.25) is 5.91 Å². The summed E-state index contributed by atoms with van der Waals surface area (Å²) in [5, 5.41) is 10.3. The van der Waals surface area contributed by atoms with Crippen molar-refractivity contribution in [1.29, 1.82) is 0 Å². The lowest BCUT2D eigenvalue weighted by atomic mass is 9.65. The Morgan fingerprint density at radius 3 is 2.67 bits per heavy atom. The van der Waals surface area contributed by atoms with Crippen molar-refractivity contribution < 1.29 is 9.59 Å². The number of piperidine rings is 2. The molecule has 0 radical (unpaired) electrons. The summed E-state index contributed by atoms with van der Waals surface area (Å²) in [5.41, 5.74) is 0. The number of nitrogens with one attached hydrogen (secondary N) is 3. The average Bonchev–Trinajstić information content (AvgIpc) is 3.18. The van der Waals surface area contributed by atoms with Crippen LogP contribution in [-0.4, -0.2) is 79.6 Å². The molecular weight excluding hydrogens is 378 g/mol. The first-order valence-electron chi connectivity index (χ1n) is 12.1. The minimum atomic E-state index is -0.217. The van der Waals surface area contributed by atoms with E-state index in [0.717, 1.165) is 58.2 Å². The Balaban J connectivity index is 1.41. The number of likely N-dealkylation sites (N-methyl/N-ethyl adjacent to an activating group) is 1. The highest BCUT2D eigenvalue weighted by Crippen LogP contribution is 2.43. The molecule has 3 aliphatic heterocycles. The van der Waals surface area contributed by atoms with Crippen molar-refractivity contribution in [2.45, 2.75) is 76.7 Å². The van der Waals surface area contributed by atoms with E-state index in [1.54, 1.807) is 0 Å². The maximum atomic E-state index is 13.4. The first-order chi connectivity index (χ1) is 14.4. The van der Waals surface area contributed by atoms with Gasteiger partial charge in [0.15, 0.2) is 0 Å². The zero-order valence-corrected chi connectivity index (χ0v) is 19.2. The molecule has 3 saturated heterocycles. The lowest BCUT2D eigenvalue weighted by Gasteiger charge is -2.50. The van der Waals surface area contributed by atoms with Gasteiger partial charge in [-0.1, -0.05) is 13.8 Å². The van der Waals surface area contributed by atoms with Gasteiger partial charge in [-0.2, -0.15) is 0 Å². The van der Waals surface area contributed by atoms with Crippen molar-refractivity contribution >= 4 is 11.8 Å². The average molecular weight is 420 g/mol. The van der Waals surface area contributed by atoms with Crippen molar-refractivity contribution in [3.63, 3.8) is 0 Å². The van der Waals surface area contributed by atoms with Crippen molar-refractivity contribution in [3.8, 4) is 0 Å². The van der Waals surface area contributed by atoms with E-state index in [4.69, 9.17) is 0 Å². The second-order valence-corrected chi connectivity index (χ2v) is 10.4. The van der Waals surface area contributed by atoms with Gasteiger partial charge in [-0.25, -0.2) is 0 Å². The molecule has 4 rings (SSSR count). The van der Waals surface area contributed by atoms with Gasteiger partial charge in [0, 0.05) is 50.7 Å². The molecule has 3 heterocycles. The maximum absolute atomic E-state index is 13.4. The topological polar surface area (TPSA) is 76.7 Å². The van der Waals surface area contributed by atoms with Crippen LogP contribution in [0.5, 0.6) is 0 Å². The van der Waals surface area contributed by atoms with Gasteiger partial charge in [0.05, 0.1) is 0 Å². The van der Waals surface area contributed by atoms with Gasteiger partial charge in [-0.3, -0.25) is 19.8 Å². The predicted octanol–water partition coefficient (Wildman–Crippen LogP) is 1.00. The Hall–Kier alpha value is -1.18. The third-order valence-electron chi connectivity index (χ3n) is 8.56. The van der Waals surface area contributed by atoms with Crippen LogP contribution in [0.2, 0.25) is 0 Å². The highest BCUT2D eigenvalue weighted by Gasteiger charge is 2.47. The summed E-state index contributed by atoms with van der Waals surface area (Å²) in [7, 11) is 4.02. The summed E-state index contributed by atoms with van der Waals surface area (Å²) in [5.74, 6) is 1.97. The summed E-state index contributed by atoms with van der Waals surface area (Å²) in [6.07, 6.45) is 6.02. The van der Waals surface area contributed by atoms with Crippen molar-refractivity contribution in [2.24, 2.45) is 23.7 Å². The first kappa shape index (κ1) is 22.0. The Morgan fingerprint density at radius 2 is 1.97 bits per heavy atom. The van der Waals surface area contributed by atoms with Crippen LogP contribution in [-0.2, 0) is 9.59 Å². The molecule has 7 heteroatoms. The monoisotopic (exact) mass is 419 g/mol. The molecule has 8 atom stereocenters. The number of carbonyl (C=O) groups is 2.